The van der Waals surface area contributed by atoms with E-state index < -0.39 is 6.10 Å². The van der Waals surface area contributed by atoms with Gasteiger partial charge in [-0.25, -0.2) is 9.97 Å². The molecule has 0 radical (unpaired) electrons. The van der Waals surface area contributed by atoms with Crippen molar-refractivity contribution in [2.45, 2.75) is 20.0 Å². The van der Waals surface area contributed by atoms with Crippen LogP contribution < -0.4 is 0 Å². The molecule has 0 amide bonds. The Morgan fingerprint density at radius 2 is 2.11 bits per heavy atom. The van der Waals surface area contributed by atoms with Gasteiger partial charge in [-0.1, -0.05) is 0 Å². The lowest BCUT2D eigenvalue weighted by atomic mass is 10.1. The van der Waals surface area contributed by atoms with Crippen molar-refractivity contribution in [3.05, 3.63) is 41.2 Å². The highest BCUT2D eigenvalue weighted by atomic mass is 32.1. The number of rotatable bonds is 2. The van der Waals surface area contributed by atoms with Gasteiger partial charge >= 0.3 is 0 Å². The maximum atomic E-state index is 9.59. The molecular weight excluding hydrogens is 258 g/mol. The van der Waals surface area contributed by atoms with E-state index in [1.165, 1.54) is 0 Å². The Morgan fingerprint density at radius 3 is 2.84 bits per heavy atom. The van der Waals surface area contributed by atoms with E-state index in [9.17, 15) is 5.11 Å². The van der Waals surface area contributed by atoms with Crippen LogP contribution in [0.1, 0.15) is 24.3 Å². The number of fused-ring (bicyclic) bond motifs is 1. The van der Waals surface area contributed by atoms with Crippen molar-refractivity contribution < 1.29 is 5.11 Å². The molecule has 3 rings (SSSR count). The first-order valence-electron chi connectivity index (χ1n) is 6.00. The summed E-state index contributed by atoms with van der Waals surface area (Å²) in [7, 11) is 0. The Bertz CT molecular complexity index is 736. The lowest BCUT2D eigenvalue weighted by Crippen LogP contribution is -2.01. The van der Waals surface area contributed by atoms with E-state index in [0.29, 0.717) is 5.82 Å². The van der Waals surface area contributed by atoms with Crippen LogP contribution in [-0.2, 0) is 0 Å². The van der Waals surface area contributed by atoms with Crippen LogP contribution in [-0.4, -0.2) is 20.1 Å². The number of hydrogen-bond acceptors (Lipinski definition) is 5. The molecule has 0 saturated carbocycles. The molecule has 96 valence electrons. The molecule has 0 aromatic carbocycles. The number of aliphatic hydroxyl groups excluding tert-OH is 1. The fourth-order valence-electron chi connectivity index (χ4n) is 1.99. The topological polar surface area (TPSA) is 58.9 Å². The maximum Gasteiger partial charge on any atom is 0.160 e. The van der Waals surface area contributed by atoms with Crippen molar-refractivity contribution in [1.29, 1.82) is 0 Å². The van der Waals surface area contributed by atoms with Gasteiger partial charge in [-0.3, -0.25) is 4.98 Å². The van der Waals surface area contributed by atoms with Crippen molar-refractivity contribution in [2.75, 3.05) is 0 Å². The predicted octanol–water partition coefficient (Wildman–Crippen LogP) is 3.12. The highest BCUT2D eigenvalue weighted by Crippen LogP contribution is 2.25. The molecule has 0 spiro atoms. The number of hydrogen-bond donors (Lipinski definition) is 1. The quantitative estimate of drug-likeness (QED) is 0.778. The minimum atomic E-state index is -0.549. The molecule has 1 N–H and O–H groups in total. The van der Waals surface area contributed by atoms with Gasteiger partial charge in [-0.15, -0.1) is 11.3 Å². The van der Waals surface area contributed by atoms with Gasteiger partial charge in [0.15, 0.2) is 5.82 Å². The molecule has 4 nitrogen and oxygen atoms in total. The summed E-state index contributed by atoms with van der Waals surface area (Å²) >= 11 is 1.65. The SMILES string of the molecule is Cc1nc(-c2cnc3ccsc3c2)ncc1C(C)O. The molecule has 3 aromatic heterocycles. The van der Waals surface area contributed by atoms with E-state index in [1.54, 1.807) is 30.7 Å². The Hall–Kier alpha value is -1.85. The van der Waals surface area contributed by atoms with E-state index in [0.717, 1.165) is 27.0 Å². The van der Waals surface area contributed by atoms with E-state index >= 15 is 0 Å². The van der Waals surface area contributed by atoms with Gasteiger partial charge in [0.2, 0.25) is 0 Å². The van der Waals surface area contributed by atoms with E-state index in [-0.39, 0.29) is 0 Å². The van der Waals surface area contributed by atoms with Crippen LogP contribution in [0.4, 0.5) is 0 Å². The molecule has 0 bridgehead atoms. The van der Waals surface area contributed by atoms with E-state index in [2.05, 4.69) is 15.0 Å². The summed E-state index contributed by atoms with van der Waals surface area (Å²) in [5, 5.41) is 11.6. The van der Waals surface area contributed by atoms with Gasteiger partial charge in [0.25, 0.3) is 0 Å². The van der Waals surface area contributed by atoms with Crippen LogP contribution in [0.5, 0.6) is 0 Å². The molecule has 0 fully saturated rings. The van der Waals surface area contributed by atoms with Crippen molar-refractivity contribution in [3.8, 4) is 11.4 Å². The summed E-state index contributed by atoms with van der Waals surface area (Å²) < 4.78 is 1.12. The molecule has 0 aliphatic carbocycles. The lowest BCUT2D eigenvalue weighted by Gasteiger charge is -2.08. The molecular formula is C14H13N3OS. The fourth-order valence-corrected chi connectivity index (χ4v) is 2.77. The van der Waals surface area contributed by atoms with Crippen LogP contribution in [0.2, 0.25) is 0 Å². The van der Waals surface area contributed by atoms with Crippen molar-refractivity contribution in [1.82, 2.24) is 15.0 Å². The first kappa shape index (κ1) is 12.2. The van der Waals surface area contributed by atoms with Crippen molar-refractivity contribution in [3.63, 3.8) is 0 Å². The summed E-state index contributed by atoms with van der Waals surface area (Å²) in [6, 6.07) is 4.04. The first-order chi connectivity index (χ1) is 9.15. The zero-order valence-electron chi connectivity index (χ0n) is 10.7. The summed E-state index contributed by atoms with van der Waals surface area (Å²) in [6.07, 6.45) is 2.92. The van der Waals surface area contributed by atoms with Crippen LogP contribution in [0.3, 0.4) is 0 Å². The third-order valence-corrected chi connectivity index (χ3v) is 3.88. The van der Waals surface area contributed by atoms with Gasteiger partial charge in [-0.05, 0) is 31.4 Å². The second-order valence-electron chi connectivity index (χ2n) is 4.44. The maximum absolute atomic E-state index is 9.59. The summed E-state index contributed by atoms with van der Waals surface area (Å²) in [6.45, 7) is 3.59. The highest BCUT2D eigenvalue weighted by molar-refractivity contribution is 7.17. The summed E-state index contributed by atoms with van der Waals surface area (Å²) in [5.74, 6) is 0.643. The largest absolute Gasteiger partial charge is 0.389 e. The Balaban J connectivity index is 2.08. The second kappa shape index (κ2) is 4.68. The smallest absolute Gasteiger partial charge is 0.160 e. The number of pyridine rings is 1. The molecule has 1 atom stereocenters. The van der Waals surface area contributed by atoms with Gasteiger partial charge in [-0.2, -0.15) is 0 Å². The molecule has 1 unspecified atom stereocenters. The molecule has 5 heteroatoms. The molecule has 3 heterocycles. The van der Waals surface area contributed by atoms with Gasteiger partial charge in [0.05, 0.1) is 16.3 Å². The monoisotopic (exact) mass is 271 g/mol. The number of thiophene rings is 1. The van der Waals surface area contributed by atoms with Crippen molar-refractivity contribution in [2.24, 2.45) is 0 Å². The number of aromatic nitrogens is 3. The average Bonchev–Trinajstić information content (AvgIpc) is 2.85. The van der Waals surface area contributed by atoms with E-state index in [4.69, 9.17) is 0 Å². The third kappa shape index (κ3) is 2.22. The number of aliphatic hydroxyl groups is 1. The molecule has 0 aliphatic rings. The second-order valence-corrected chi connectivity index (χ2v) is 5.39. The predicted molar refractivity (Wildman–Crippen MR) is 76.0 cm³/mol. The number of nitrogens with zero attached hydrogens (tertiary/aromatic N) is 3. The minimum Gasteiger partial charge on any atom is -0.389 e. The fraction of sp³-hybridized carbons (Fsp3) is 0.214. The van der Waals surface area contributed by atoms with Gasteiger partial charge in [0.1, 0.15) is 0 Å². The Morgan fingerprint density at radius 1 is 1.26 bits per heavy atom. The molecule has 0 aliphatic heterocycles. The Kier molecular flexibility index (Phi) is 3.00. The van der Waals surface area contributed by atoms with Gasteiger partial charge < -0.3 is 5.11 Å². The lowest BCUT2D eigenvalue weighted by molar-refractivity contribution is 0.197. The number of aryl methyl sites for hydroxylation is 1. The zero-order chi connectivity index (χ0) is 13.4. The summed E-state index contributed by atoms with van der Waals surface area (Å²) in [4.78, 5) is 13.2. The first-order valence-corrected chi connectivity index (χ1v) is 6.88. The van der Waals surface area contributed by atoms with Crippen LogP contribution >= 0.6 is 11.3 Å². The van der Waals surface area contributed by atoms with Crippen molar-refractivity contribution >= 4 is 21.6 Å². The average molecular weight is 271 g/mol. The molecule has 0 saturated heterocycles. The summed E-state index contributed by atoms with van der Waals surface area (Å²) in [5.41, 5.74) is 3.45. The Labute approximate surface area is 114 Å². The molecule has 19 heavy (non-hydrogen) atoms. The highest BCUT2D eigenvalue weighted by Gasteiger charge is 2.10. The van der Waals surface area contributed by atoms with Gasteiger partial charge in [0, 0.05) is 29.2 Å². The van der Waals surface area contributed by atoms with E-state index in [1.807, 2.05) is 24.4 Å². The molecule has 3 aromatic rings. The normalized spacial score (nSPS) is 12.8. The van der Waals surface area contributed by atoms with Crippen LogP contribution in [0.25, 0.3) is 21.6 Å². The third-order valence-electron chi connectivity index (χ3n) is 3.03. The zero-order valence-corrected chi connectivity index (χ0v) is 11.5. The standard InChI is InChI=1S/C14H13N3OS/c1-8-11(9(2)18)7-16-14(17-8)10-5-13-12(15-6-10)3-4-19-13/h3-7,9,18H,1-2H3. The minimum absolute atomic E-state index is 0.549. The van der Waals surface area contributed by atoms with Crippen LogP contribution in [0.15, 0.2) is 29.9 Å². The van der Waals surface area contributed by atoms with Crippen LogP contribution in [0, 0.1) is 6.92 Å².